The molecule has 3 heterocycles. The molecule has 0 radical (unpaired) electrons. The van der Waals surface area contributed by atoms with Gasteiger partial charge in [0.1, 0.15) is 0 Å². The van der Waals surface area contributed by atoms with Gasteiger partial charge in [-0.2, -0.15) is 4.52 Å². The molecule has 1 aromatic carbocycles. The number of hydrogen-bond donors (Lipinski definition) is 1. The highest BCUT2D eigenvalue weighted by Gasteiger charge is 2.08. The van der Waals surface area contributed by atoms with Crippen LogP contribution in [0.25, 0.3) is 16.8 Å². The van der Waals surface area contributed by atoms with Crippen LogP contribution in [0.4, 0.5) is 0 Å². The fourth-order valence-electron chi connectivity index (χ4n) is 2.86. The average Bonchev–Trinajstić information content (AvgIpc) is 3.33. The summed E-state index contributed by atoms with van der Waals surface area (Å²) in [4.78, 5) is 4.05. The summed E-state index contributed by atoms with van der Waals surface area (Å²) in [6, 6.07) is 12.4. The molecule has 0 atom stereocenters. The van der Waals surface area contributed by atoms with Crippen LogP contribution in [0, 0.1) is 0 Å². The third-order valence-corrected chi connectivity index (χ3v) is 4.12. The normalized spacial score (nSPS) is 11.2. The molecule has 0 amide bonds. The number of aryl methyl sites for hydroxylation is 1. The van der Waals surface area contributed by atoms with Gasteiger partial charge in [0.25, 0.3) is 0 Å². The standard InChI is InChI=1S/C18H19N7/c1-2-5-15(6-3-1)17-11-16(18-21-22-23-25(18)13-17)12-19-7-4-9-24-10-8-20-14-24/h1-3,5-6,8,10-11,13-14,19H,4,7,9,12H2. The molecule has 3 aromatic heterocycles. The van der Waals surface area contributed by atoms with Crippen molar-refractivity contribution < 1.29 is 0 Å². The topological polar surface area (TPSA) is 72.9 Å². The molecule has 4 rings (SSSR count). The zero-order valence-corrected chi connectivity index (χ0v) is 13.8. The molecule has 7 nitrogen and oxygen atoms in total. The van der Waals surface area contributed by atoms with E-state index in [1.54, 1.807) is 10.7 Å². The lowest BCUT2D eigenvalue weighted by molar-refractivity contribution is 0.581. The maximum Gasteiger partial charge on any atom is 0.183 e. The first-order valence-corrected chi connectivity index (χ1v) is 8.33. The van der Waals surface area contributed by atoms with E-state index in [0.29, 0.717) is 0 Å². The second-order valence-electron chi connectivity index (χ2n) is 5.90. The largest absolute Gasteiger partial charge is 0.337 e. The molecule has 0 saturated carbocycles. The summed E-state index contributed by atoms with van der Waals surface area (Å²) in [6.07, 6.45) is 8.63. The molecule has 0 fully saturated rings. The molecule has 0 saturated heterocycles. The van der Waals surface area contributed by atoms with Crippen LogP contribution in [0.1, 0.15) is 12.0 Å². The number of aromatic nitrogens is 6. The molecule has 0 spiro atoms. The van der Waals surface area contributed by atoms with Crippen LogP contribution in [0.3, 0.4) is 0 Å². The fraction of sp³-hybridized carbons (Fsp3) is 0.222. The van der Waals surface area contributed by atoms with E-state index in [1.165, 1.54) is 0 Å². The van der Waals surface area contributed by atoms with Crippen molar-refractivity contribution in [1.82, 2.24) is 34.9 Å². The Morgan fingerprint density at radius 2 is 2.00 bits per heavy atom. The van der Waals surface area contributed by atoms with E-state index < -0.39 is 0 Å². The van der Waals surface area contributed by atoms with Crippen LogP contribution in [0.15, 0.2) is 61.3 Å². The minimum absolute atomic E-state index is 0.731. The summed E-state index contributed by atoms with van der Waals surface area (Å²) in [5, 5.41) is 15.5. The van der Waals surface area contributed by atoms with E-state index in [-0.39, 0.29) is 0 Å². The van der Waals surface area contributed by atoms with Gasteiger partial charge in [-0.15, -0.1) is 5.10 Å². The van der Waals surface area contributed by atoms with Gasteiger partial charge in [-0.1, -0.05) is 30.3 Å². The summed E-state index contributed by atoms with van der Waals surface area (Å²) < 4.78 is 3.82. The van der Waals surface area contributed by atoms with Gasteiger partial charge in [0.2, 0.25) is 0 Å². The van der Waals surface area contributed by atoms with Crippen LogP contribution < -0.4 is 5.32 Å². The lowest BCUT2D eigenvalue weighted by Gasteiger charge is -2.09. The Labute approximate surface area is 145 Å². The number of tetrazole rings is 1. The predicted octanol–water partition coefficient (Wildman–Crippen LogP) is 2.17. The third kappa shape index (κ3) is 3.56. The minimum Gasteiger partial charge on any atom is -0.337 e. The van der Waals surface area contributed by atoms with E-state index in [1.807, 2.05) is 36.9 Å². The second kappa shape index (κ2) is 7.23. The number of nitrogens with zero attached hydrogens (tertiary/aromatic N) is 6. The van der Waals surface area contributed by atoms with Gasteiger partial charge in [0.15, 0.2) is 5.65 Å². The van der Waals surface area contributed by atoms with E-state index >= 15 is 0 Å². The smallest absolute Gasteiger partial charge is 0.183 e. The van der Waals surface area contributed by atoms with E-state index in [4.69, 9.17) is 0 Å². The highest BCUT2D eigenvalue weighted by Crippen LogP contribution is 2.21. The lowest BCUT2D eigenvalue weighted by Crippen LogP contribution is -2.17. The van der Waals surface area contributed by atoms with Gasteiger partial charge < -0.3 is 9.88 Å². The molecule has 0 aliphatic heterocycles. The van der Waals surface area contributed by atoms with Crippen molar-refractivity contribution in [3.63, 3.8) is 0 Å². The van der Waals surface area contributed by atoms with E-state index in [9.17, 15) is 0 Å². The number of hydrogen-bond acceptors (Lipinski definition) is 5. The molecule has 0 bridgehead atoms. The zero-order valence-electron chi connectivity index (χ0n) is 13.8. The minimum atomic E-state index is 0.731. The van der Waals surface area contributed by atoms with Crippen LogP contribution in [0.5, 0.6) is 0 Å². The predicted molar refractivity (Wildman–Crippen MR) is 94.8 cm³/mol. The van der Waals surface area contributed by atoms with Gasteiger partial charge in [-0.05, 0) is 35.0 Å². The van der Waals surface area contributed by atoms with Crippen molar-refractivity contribution in [1.29, 1.82) is 0 Å². The quantitative estimate of drug-likeness (QED) is 0.525. The summed E-state index contributed by atoms with van der Waals surface area (Å²) in [5.41, 5.74) is 4.15. The first-order valence-electron chi connectivity index (χ1n) is 8.33. The summed E-state index contributed by atoms with van der Waals surface area (Å²) >= 11 is 0. The van der Waals surface area contributed by atoms with Crippen molar-refractivity contribution in [2.24, 2.45) is 0 Å². The number of benzene rings is 1. The molecule has 7 heteroatoms. The van der Waals surface area contributed by atoms with Crippen molar-refractivity contribution in [3.8, 4) is 11.1 Å². The first-order chi connectivity index (χ1) is 12.4. The van der Waals surface area contributed by atoms with Gasteiger partial charge in [-0.3, -0.25) is 0 Å². The molecule has 0 aliphatic carbocycles. The van der Waals surface area contributed by atoms with Crippen LogP contribution in [-0.2, 0) is 13.1 Å². The maximum atomic E-state index is 4.14. The highest BCUT2D eigenvalue weighted by molar-refractivity contribution is 5.66. The Bertz CT molecular complexity index is 929. The monoisotopic (exact) mass is 333 g/mol. The highest BCUT2D eigenvalue weighted by atomic mass is 15.5. The third-order valence-electron chi connectivity index (χ3n) is 4.12. The zero-order chi connectivity index (χ0) is 16.9. The second-order valence-corrected chi connectivity index (χ2v) is 5.90. The van der Waals surface area contributed by atoms with Crippen molar-refractivity contribution in [2.75, 3.05) is 6.54 Å². The molecule has 1 N–H and O–H groups in total. The molecule has 0 unspecified atom stereocenters. The summed E-state index contributed by atoms with van der Waals surface area (Å²) in [6.45, 7) is 2.61. The molecule has 4 aromatic rings. The van der Waals surface area contributed by atoms with E-state index in [2.05, 4.69) is 48.6 Å². The number of nitrogens with one attached hydrogen (secondary N) is 1. The lowest BCUT2D eigenvalue weighted by atomic mass is 10.1. The van der Waals surface area contributed by atoms with Crippen molar-refractivity contribution >= 4 is 5.65 Å². The molecule has 25 heavy (non-hydrogen) atoms. The maximum absolute atomic E-state index is 4.14. The van der Waals surface area contributed by atoms with Gasteiger partial charge in [0, 0.05) is 42.8 Å². The number of rotatable bonds is 7. The molecular weight excluding hydrogens is 314 g/mol. The number of imidazole rings is 1. The SMILES string of the molecule is c1ccc(-c2cc(CNCCCn3ccnc3)c3nnnn3c2)cc1. The molecule has 126 valence electrons. The van der Waals surface area contributed by atoms with Crippen LogP contribution >= 0.6 is 0 Å². The van der Waals surface area contributed by atoms with Gasteiger partial charge in [0.05, 0.1) is 6.33 Å². The van der Waals surface area contributed by atoms with Crippen molar-refractivity contribution in [2.45, 2.75) is 19.5 Å². The van der Waals surface area contributed by atoms with E-state index in [0.717, 1.165) is 48.4 Å². The van der Waals surface area contributed by atoms with Gasteiger partial charge in [-0.25, -0.2) is 4.98 Å². The Hall–Kier alpha value is -3.06. The van der Waals surface area contributed by atoms with Crippen LogP contribution in [-0.4, -0.2) is 36.1 Å². The Kier molecular flexibility index (Phi) is 4.47. The summed E-state index contributed by atoms with van der Waals surface area (Å²) in [5.74, 6) is 0. The number of pyridine rings is 1. The van der Waals surface area contributed by atoms with Gasteiger partial charge >= 0.3 is 0 Å². The fourth-order valence-corrected chi connectivity index (χ4v) is 2.86. The Morgan fingerprint density at radius 1 is 1.08 bits per heavy atom. The first kappa shape index (κ1) is 15.5. The summed E-state index contributed by atoms with van der Waals surface area (Å²) in [7, 11) is 0. The Morgan fingerprint density at radius 3 is 2.84 bits per heavy atom. The van der Waals surface area contributed by atoms with Crippen LogP contribution in [0.2, 0.25) is 0 Å². The number of fused-ring (bicyclic) bond motifs is 1. The molecule has 0 aliphatic rings. The average molecular weight is 333 g/mol. The Balaban J connectivity index is 1.46. The molecular formula is C18H19N7. The van der Waals surface area contributed by atoms with Crippen molar-refractivity contribution in [3.05, 3.63) is 66.9 Å².